The molecule has 1 aromatic rings. The molecule has 108 valence electrons. The van der Waals surface area contributed by atoms with E-state index in [0.717, 1.165) is 13.0 Å². The molecule has 0 bridgehead atoms. The smallest absolute Gasteiger partial charge is 0.0303 e. The highest BCUT2D eigenvalue weighted by Gasteiger charge is 2.30. The minimum Gasteiger partial charge on any atom is -0.312 e. The van der Waals surface area contributed by atoms with Gasteiger partial charge in [-0.2, -0.15) is 0 Å². The standard InChI is InChI=1S/C17H30N2/c1-8-18-16(17(4,5)19(6)7)12-15-10-13(2)9-14(3)11-15/h9-11,16,18H,8,12H2,1-7H3. The Labute approximate surface area is 119 Å². The second-order valence-electron chi connectivity index (χ2n) is 6.36. The van der Waals surface area contributed by atoms with Crippen molar-refractivity contribution in [1.82, 2.24) is 10.2 Å². The van der Waals surface area contributed by atoms with Gasteiger partial charge in [-0.25, -0.2) is 0 Å². The molecule has 1 unspecified atom stereocenters. The van der Waals surface area contributed by atoms with Crippen LogP contribution in [0, 0.1) is 13.8 Å². The second kappa shape index (κ2) is 6.53. The van der Waals surface area contributed by atoms with Crippen LogP contribution in [0.5, 0.6) is 0 Å². The molecular formula is C17H30N2. The third-order valence-corrected chi connectivity index (χ3v) is 4.18. The average molecular weight is 262 g/mol. The Hall–Kier alpha value is -0.860. The molecule has 0 aliphatic heterocycles. The summed E-state index contributed by atoms with van der Waals surface area (Å²) in [6.07, 6.45) is 1.07. The molecule has 1 aromatic carbocycles. The maximum atomic E-state index is 3.65. The first kappa shape index (κ1) is 16.2. The number of hydrogen-bond acceptors (Lipinski definition) is 2. The van der Waals surface area contributed by atoms with E-state index in [9.17, 15) is 0 Å². The van der Waals surface area contributed by atoms with Gasteiger partial charge in [0.2, 0.25) is 0 Å². The van der Waals surface area contributed by atoms with Gasteiger partial charge < -0.3 is 10.2 Å². The molecule has 0 spiro atoms. The van der Waals surface area contributed by atoms with E-state index in [0.29, 0.717) is 6.04 Å². The van der Waals surface area contributed by atoms with E-state index < -0.39 is 0 Å². The van der Waals surface area contributed by atoms with Crippen LogP contribution in [0.4, 0.5) is 0 Å². The van der Waals surface area contributed by atoms with Gasteiger partial charge in [0.05, 0.1) is 0 Å². The molecule has 2 nitrogen and oxygen atoms in total. The Morgan fingerprint density at radius 2 is 1.63 bits per heavy atom. The lowest BCUT2D eigenvalue weighted by Crippen LogP contribution is -2.56. The topological polar surface area (TPSA) is 15.3 Å². The first-order valence-corrected chi connectivity index (χ1v) is 7.25. The Kier molecular flexibility index (Phi) is 5.57. The van der Waals surface area contributed by atoms with Crippen molar-refractivity contribution in [2.75, 3.05) is 20.6 Å². The highest BCUT2D eigenvalue weighted by atomic mass is 15.2. The van der Waals surface area contributed by atoms with Crippen molar-refractivity contribution < 1.29 is 0 Å². The zero-order valence-corrected chi connectivity index (χ0v) is 13.7. The molecule has 0 saturated carbocycles. The van der Waals surface area contributed by atoms with Gasteiger partial charge in [0, 0.05) is 11.6 Å². The van der Waals surface area contributed by atoms with Crippen molar-refractivity contribution in [3.63, 3.8) is 0 Å². The van der Waals surface area contributed by atoms with Gasteiger partial charge in [0.25, 0.3) is 0 Å². The van der Waals surface area contributed by atoms with Gasteiger partial charge in [-0.15, -0.1) is 0 Å². The van der Waals surface area contributed by atoms with Gasteiger partial charge in [0.15, 0.2) is 0 Å². The first-order valence-electron chi connectivity index (χ1n) is 7.25. The third-order valence-electron chi connectivity index (χ3n) is 4.18. The van der Waals surface area contributed by atoms with Gasteiger partial charge in [-0.3, -0.25) is 0 Å². The van der Waals surface area contributed by atoms with Crippen LogP contribution in [-0.4, -0.2) is 37.1 Å². The Bertz CT molecular complexity index is 387. The molecule has 1 atom stereocenters. The summed E-state index contributed by atoms with van der Waals surface area (Å²) >= 11 is 0. The highest BCUT2D eigenvalue weighted by molar-refractivity contribution is 5.29. The van der Waals surface area contributed by atoms with Crippen LogP contribution in [0.3, 0.4) is 0 Å². The minimum absolute atomic E-state index is 0.133. The fourth-order valence-corrected chi connectivity index (χ4v) is 2.55. The SMILES string of the molecule is CCNC(Cc1cc(C)cc(C)c1)C(C)(C)N(C)C. The van der Waals surface area contributed by atoms with Gasteiger partial charge >= 0.3 is 0 Å². The predicted molar refractivity (Wildman–Crippen MR) is 84.9 cm³/mol. The quantitative estimate of drug-likeness (QED) is 0.847. The van der Waals surface area contributed by atoms with Crippen LogP contribution >= 0.6 is 0 Å². The Morgan fingerprint density at radius 3 is 2.05 bits per heavy atom. The zero-order valence-electron chi connectivity index (χ0n) is 13.7. The number of rotatable bonds is 6. The molecule has 1 rings (SSSR count). The van der Waals surface area contributed by atoms with Crippen molar-refractivity contribution in [1.29, 1.82) is 0 Å². The molecule has 19 heavy (non-hydrogen) atoms. The summed E-state index contributed by atoms with van der Waals surface area (Å²) in [5, 5.41) is 3.65. The number of nitrogens with zero attached hydrogens (tertiary/aromatic N) is 1. The lowest BCUT2D eigenvalue weighted by molar-refractivity contribution is 0.138. The van der Waals surface area contributed by atoms with Crippen LogP contribution in [-0.2, 0) is 6.42 Å². The van der Waals surface area contributed by atoms with Gasteiger partial charge in [-0.1, -0.05) is 36.2 Å². The molecule has 0 aliphatic rings. The Morgan fingerprint density at radius 1 is 1.11 bits per heavy atom. The summed E-state index contributed by atoms with van der Waals surface area (Å²) in [5.41, 5.74) is 4.27. The summed E-state index contributed by atoms with van der Waals surface area (Å²) in [4.78, 5) is 2.31. The van der Waals surface area contributed by atoms with Gasteiger partial charge in [0.1, 0.15) is 0 Å². The summed E-state index contributed by atoms with van der Waals surface area (Å²) in [6.45, 7) is 12.2. The van der Waals surface area contributed by atoms with Crippen molar-refractivity contribution in [3.05, 3.63) is 34.9 Å². The van der Waals surface area contributed by atoms with E-state index in [1.807, 2.05) is 0 Å². The molecule has 2 heteroatoms. The third kappa shape index (κ3) is 4.32. The van der Waals surface area contributed by atoms with Crippen LogP contribution in [0.25, 0.3) is 0 Å². The van der Waals surface area contributed by atoms with Crippen molar-refractivity contribution >= 4 is 0 Å². The largest absolute Gasteiger partial charge is 0.312 e. The van der Waals surface area contributed by atoms with Crippen LogP contribution in [0.15, 0.2) is 18.2 Å². The summed E-state index contributed by atoms with van der Waals surface area (Å²) < 4.78 is 0. The molecule has 0 aliphatic carbocycles. The number of hydrogen-bond donors (Lipinski definition) is 1. The molecule has 0 fully saturated rings. The Balaban J connectivity index is 2.95. The highest BCUT2D eigenvalue weighted by Crippen LogP contribution is 2.21. The van der Waals surface area contributed by atoms with Crippen molar-refractivity contribution in [2.45, 2.75) is 52.6 Å². The lowest BCUT2D eigenvalue weighted by Gasteiger charge is -2.41. The molecule has 0 heterocycles. The second-order valence-corrected chi connectivity index (χ2v) is 6.36. The van der Waals surface area contributed by atoms with Gasteiger partial charge in [-0.05, 0) is 60.3 Å². The fraction of sp³-hybridized carbons (Fsp3) is 0.647. The maximum absolute atomic E-state index is 3.65. The summed E-state index contributed by atoms with van der Waals surface area (Å²) in [5.74, 6) is 0. The average Bonchev–Trinajstić information content (AvgIpc) is 2.26. The molecule has 0 aromatic heterocycles. The van der Waals surface area contributed by atoms with E-state index >= 15 is 0 Å². The molecule has 1 N–H and O–H groups in total. The van der Waals surface area contributed by atoms with Crippen LogP contribution in [0.1, 0.15) is 37.5 Å². The van der Waals surface area contributed by atoms with E-state index in [4.69, 9.17) is 0 Å². The summed E-state index contributed by atoms with van der Waals surface area (Å²) in [6, 6.07) is 7.31. The first-order chi connectivity index (χ1) is 8.77. The van der Waals surface area contributed by atoms with Crippen LogP contribution < -0.4 is 5.32 Å². The van der Waals surface area contributed by atoms with Crippen molar-refractivity contribution in [3.8, 4) is 0 Å². The van der Waals surface area contributed by atoms with Crippen LogP contribution in [0.2, 0.25) is 0 Å². The van der Waals surface area contributed by atoms with E-state index in [1.165, 1.54) is 16.7 Å². The predicted octanol–water partition coefficient (Wildman–Crippen LogP) is 3.16. The monoisotopic (exact) mass is 262 g/mol. The number of benzene rings is 1. The molecule has 0 radical (unpaired) electrons. The maximum Gasteiger partial charge on any atom is 0.0303 e. The molecular weight excluding hydrogens is 232 g/mol. The van der Waals surface area contributed by atoms with E-state index in [1.54, 1.807) is 0 Å². The minimum atomic E-state index is 0.133. The zero-order chi connectivity index (χ0) is 14.6. The van der Waals surface area contributed by atoms with Crippen molar-refractivity contribution in [2.24, 2.45) is 0 Å². The number of aryl methyl sites for hydroxylation is 2. The number of likely N-dealkylation sites (N-methyl/N-ethyl adjacent to an activating group) is 2. The summed E-state index contributed by atoms with van der Waals surface area (Å²) in [7, 11) is 4.32. The lowest BCUT2D eigenvalue weighted by atomic mass is 9.87. The fourth-order valence-electron chi connectivity index (χ4n) is 2.55. The number of nitrogens with one attached hydrogen (secondary N) is 1. The molecule has 0 saturated heterocycles. The van der Waals surface area contributed by atoms with E-state index in [-0.39, 0.29) is 5.54 Å². The molecule has 0 amide bonds. The normalized spacial score (nSPS) is 13.9. The van der Waals surface area contributed by atoms with E-state index in [2.05, 4.69) is 77.1 Å².